The first-order valence-corrected chi connectivity index (χ1v) is 6.66. The van der Waals surface area contributed by atoms with Gasteiger partial charge in [0.15, 0.2) is 0 Å². The summed E-state index contributed by atoms with van der Waals surface area (Å²) in [6.45, 7) is 7.80. The van der Waals surface area contributed by atoms with E-state index in [2.05, 4.69) is 56.4 Å². The summed E-state index contributed by atoms with van der Waals surface area (Å²) >= 11 is 0. The third kappa shape index (κ3) is 3.75. The summed E-state index contributed by atoms with van der Waals surface area (Å²) in [5, 5.41) is 3.41. The number of rotatable bonds is 5. The van der Waals surface area contributed by atoms with Crippen molar-refractivity contribution < 1.29 is 4.74 Å². The molecule has 0 spiro atoms. The van der Waals surface area contributed by atoms with Gasteiger partial charge in [-0.15, -0.1) is 0 Å². The summed E-state index contributed by atoms with van der Waals surface area (Å²) in [6.07, 6.45) is 0. The Bertz CT molecular complexity index is 549. The van der Waals surface area contributed by atoms with Gasteiger partial charge in [-0.3, -0.25) is 0 Å². The van der Waals surface area contributed by atoms with E-state index in [4.69, 9.17) is 4.74 Å². The molecule has 0 atom stereocenters. The van der Waals surface area contributed by atoms with Crippen LogP contribution in [0.1, 0.15) is 16.7 Å². The Hall–Kier alpha value is -1.96. The van der Waals surface area contributed by atoms with E-state index >= 15 is 0 Å². The highest BCUT2D eigenvalue weighted by molar-refractivity contribution is 5.53. The zero-order valence-corrected chi connectivity index (χ0v) is 11.9. The topological polar surface area (TPSA) is 21.3 Å². The largest absolute Gasteiger partial charge is 0.492 e. The zero-order chi connectivity index (χ0) is 13.7. The fourth-order valence-corrected chi connectivity index (χ4v) is 2.00. The van der Waals surface area contributed by atoms with E-state index < -0.39 is 0 Å². The van der Waals surface area contributed by atoms with Gasteiger partial charge in [-0.05, 0) is 55.7 Å². The van der Waals surface area contributed by atoms with E-state index in [1.165, 1.54) is 22.4 Å². The maximum Gasteiger partial charge on any atom is 0.119 e. The average Bonchev–Trinajstić information content (AvgIpc) is 2.39. The first kappa shape index (κ1) is 13.5. The predicted molar refractivity (Wildman–Crippen MR) is 81.1 cm³/mol. The Labute approximate surface area is 115 Å². The summed E-state index contributed by atoms with van der Waals surface area (Å²) < 4.78 is 5.72. The number of anilines is 1. The fraction of sp³-hybridized carbons (Fsp3) is 0.294. The van der Waals surface area contributed by atoms with Crippen LogP contribution in [0.3, 0.4) is 0 Å². The minimum atomic E-state index is 0.664. The molecule has 100 valence electrons. The van der Waals surface area contributed by atoms with Crippen molar-refractivity contribution in [2.75, 3.05) is 18.5 Å². The summed E-state index contributed by atoms with van der Waals surface area (Å²) in [7, 11) is 0. The number of ether oxygens (including phenoxy) is 1. The van der Waals surface area contributed by atoms with Gasteiger partial charge in [-0.2, -0.15) is 0 Å². The van der Waals surface area contributed by atoms with Crippen molar-refractivity contribution in [1.82, 2.24) is 0 Å². The van der Waals surface area contributed by atoms with Crippen LogP contribution in [0.25, 0.3) is 0 Å². The molecule has 0 heterocycles. The second kappa shape index (κ2) is 6.28. The molecule has 2 aromatic carbocycles. The summed E-state index contributed by atoms with van der Waals surface area (Å²) in [5.74, 6) is 0.933. The van der Waals surface area contributed by atoms with Crippen molar-refractivity contribution in [3.05, 3.63) is 59.2 Å². The van der Waals surface area contributed by atoms with Crippen LogP contribution in [0.4, 0.5) is 5.69 Å². The predicted octanol–water partition coefficient (Wildman–Crippen LogP) is 4.10. The first-order valence-electron chi connectivity index (χ1n) is 6.66. The molecule has 0 saturated carbocycles. The molecular formula is C17H21NO. The fourth-order valence-electron chi connectivity index (χ4n) is 2.00. The minimum Gasteiger partial charge on any atom is -0.492 e. The molecule has 2 rings (SSSR count). The van der Waals surface area contributed by atoms with Gasteiger partial charge < -0.3 is 10.1 Å². The van der Waals surface area contributed by atoms with Crippen LogP contribution >= 0.6 is 0 Å². The molecule has 1 N–H and O–H groups in total. The number of hydrogen-bond donors (Lipinski definition) is 1. The van der Waals surface area contributed by atoms with Crippen molar-refractivity contribution in [1.29, 1.82) is 0 Å². The van der Waals surface area contributed by atoms with Crippen molar-refractivity contribution in [3.8, 4) is 5.75 Å². The number of benzene rings is 2. The zero-order valence-electron chi connectivity index (χ0n) is 11.9. The molecule has 0 amide bonds. The maximum atomic E-state index is 5.72. The maximum absolute atomic E-state index is 5.72. The minimum absolute atomic E-state index is 0.664. The van der Waals surface area contributed by atoms with Crippen molar-refractivity contribution in [2.24, 2.45) is 0 Å². The van der Waals surface area contributed by atoms with Crippen molar-refractivity contribution in [3.63, 3.8) is 0 Å². The highest BCUT2D eigenvalue weighted by atomic mass is 16.5. The van der Waals surface area contributed by atoms with E-state index in [0.29, 0.717) is 6.61 Å². The molecule has 0 fully saturated rings. The third-order valence-electron chi connectivity index (χ3n) is 3.28. The van der Waals surface area contributed by atoms with Crippen LogP contribution in [0.5, 0.6) is 5.75 Å². The lowest BCUT2D eigenvalue weighted by molar-refractivity contribution is 0.332. The molecule has 0 aliphatic rings. The van der Waals surface area contributed by atoms with Gasteiger partial charge in [0.25, 0.3) is 0 Å². The number of hydrogen-bond acceptors (Lipinski definition) is 2. The average molecular weight is 255 g/mol. The smallest absolute Gasteiger partial charge is 0.119 e. The van der Waals surface area contributed by atoms with Gasteiger partial charge in [-0.25, -0.2) is 0 Å². The molecule has 0 saturated heterocycles. The van der Waals surface area contributed by atoms with E-state index in [9.17, 15) is 0 Å². The Morgan fingerprint density at radius 3 is 2.58 bits per heavy atom. The molecule has 19 heavy (non-hydrogen) atoms. The van der Waals surface area contributed by atoms with Gasteiger partial charge in [0.2, 0.25) is 0 Å². The lowest BCUT2D eigenvalue weighted by atomic mass is 10.1. The second-order valence-electron chi connectivity index (χ2n) is 4.84. The van der Waals surface area contributed by atoms with Gasteiger partial charge in [0, 0.05) is 12.2 Å². The van der Waals surface area contributed by atoms with Crippen LogP contribution < -0.4 is 10.1 Å². The molecule has 0 bridgehead atoms. The number of aryl methyl sites for hydroxylation is 2. The van der Waals surface area contributed by atoms with Crippen LogP contribution in [-0.4, -0.2) is 13.2 Å². The molecule has 2 nitrogen and oxygen atoms in total. The molecule has 0 aliphatic carbocycles. The van der Waals surface area contributed by atoms with Crippen LogP contribution in [0.15, 0.2) is 42.5 Å². The molecule has 0 aromatic heterocycles. The van der Waals surface area contributed by atoms with Crippen LogP contribution in [0, 0.1) is 20.8 Å². The quantitative estimate of drug-likeness (QED) is 0.812. The normalized spacial score (nSPS) is 10.3. The van der Waals surface area contributed by atoms with Crippen molar-refractivity contribution in [2.45, 2.75) is 20.8 Å². The highest BCUT2D eigenvalue weighted by Gasteiger charge is 1.99. The lowest BCUT2D eigenvalue weighted by Gasteiger charge is -2.12. The molecule has 0 radical (unpaired) electrons. The molecule has 2 aromatic rings. The molecule has 0 aliphatic heterocycles. The summed E-state index contributed by atoms with van der Waals surface area (Å²) in [6, 6.07) is 14.4. The highest BCUT2D eigenvalue weighted by Crippen LogP contribution is 2.17. The first-order chi connectivity index (χ1) is 9.16. The Kier molecular flexibility index (Phi) is 4.45. The monoisotopic (exact) mass is 255 g/mol. The summed E-state index contributed by atoms with van der Waals surface area (Å²) in [5.41, 5.74) is 5.02. The van der Waals surface area contributed by atoms with Gasteiger partial charge in [0.05, 0.1) is 0 Å². The SMILES string of the molecule is Cc1cccc(OCCNc2cccc(C)c2C)c1. The second-order valence-corrected chi connectivity index (χ2v) is 4.84. The third-order valence-corrected chi connectivity index (χ3v) is 3.28. The van der Waals surface area contributed by atoms with Crippen molar-refractivity contribution >= 4 is 5.69 Å². The van der Waals surface area contributed by atoms with Gasteiger partial charge >= 0.3 is 0 Å². The Morgan fingerprint density at radius 2 is 1.79 bits per heavy atom. The number of nitrogens with one attached hydrogen (secondary N) is 1. The van der Waals surface area contributed by atoms with Crippen LogP contribution in [-0.2, 0) is 0 Å². The summed E-state index contributed by atoms with van der Waals surface area (Å²) in [4.78, 5) is 0. The van der Waals surface area contributed by atoms with Gasteiger partial charge in [-0.1, -0.05) is 24.3 Å². The van der Waals surface area contributed by atoms with E-state index in [1.807, 2.05) is 12.1 Å². The van der Waals surface area contributed by atoms with Crippen LogP contribution in [0.2, 0.25) is 0 Å². The standard InChI is InChI=1S/C17H21NO/c1-13-6-4-8-16(12-13)19-11-10-18-17-9-5-7-14(2)15(17)3/h4-9,12,18H,10-11H2,1-3H3. The Morgan fingerprint density at radius 1 is 1.00 bits per heavy atom. The molecular weight excluding hydrogens is 234 g/mol. The molecule has 0 unspecified atom stereocenters. The molecule has 2 heteroatoms. The van der Waals surface area contributed by atoms with Gasteiger partial charge in [0.1, 0.15) is 12.4 Å². The van der Waals surface area contributed by atoms with E-state index in [1.54, 1.807) is 0 Å². The van der Waals surface area contributed by atoms with E-state index in [0.717, 1.165) is 12.3 Å². The van der Waals surface area contributed by atoms with E-state index in [-0.39, 0.29) is 0 Å². The lowest BCUT2D eigenvalue weighted by Crippen LogP contribution is -2.12. The Balaban J connectivity index is 1.82.